The molecule has 0 radical (unpaired) electrons. The third-order valence-electron chi connectivity index (χ3n) is 1.15. The van der Waals surface area contributed by atoms with Crippen molar-refractivity contribution in [2.24, 2.45) is 5.16 Å². The maximum absolute atomic E-state index is 4.80. The molecule has 0 saturated carbocycles. The summed E-state index contributed by atoms with van der Waals surface area (Å²) in [4.78, 5) is 11.3. The van der Waals surface area contributed by atoms with Crippen molar-refractivity contribution in [2.45, 2.75) is 0 Å². The Kier molecular flexibility index (Phi) is 4.65. The van der Waals surface area contributed by atoms with Gasteiger partial charge in [0.15, 0.2) is 6.61 Å². The summed E-state index contributed by atoms with van der Waals surface area (Å²) >= 11 is 2.94. The summed E-state index contributed by atoms with van der Waals surface area (Å²) in [6.45, 7) is 0.272. The number of pyridine rings is 1. The molecular weight excluding hydrogens is 232 g/mol. The minimum Gasteiger partial charge on any atom is -0.383 e. The van der Waals surface area contributed by atoms with Gasteiger partial charge in [0.05, 0.1) is 11.9 Å². The highest BCUT2D eigenvalue weighted by atomic mass is 79.9. The molecule has 0 amide bonds. The molecule has 0 aliphatic rings. The standard InChI is InChI=1S/C9H7BrN2O/c10-5-3-7-13-12-8-9-4-1-2-6-11-9/h1-2,4,6,8H,7H2/b12-8+. The van der Waals surface area contributed by atoms with E-state index in [0.717, 1.165) is 5.69 Å². The zero-order chi connectivity index (χ0) is 9.36. The lowest BCUT2D eigenvalue weighted by Crippen LogP contribution is -1.87. The second-order valence-corrected chi connectivity index (χ2v) is 2.43. The summed E-state index contributed by atoms with van der Waals surface area (Å²) in [5.74, 6) is 2.64. The Hall–Kier alpha value is -1.34. The first kappa shape index (κ1) is 9.75. The Morgan fingerprint density at radius 2 is 2.54 bits per heavy atom. The van der Waals surface area contributed by atoms with Crippen LogP contribution in [0.3, 0.4) is 0 Å². The number of aromatic nitrogens is 1. The first-order chi connectivity index (χ1) is 6.43. The van der Waals surface area contributed by atoms with Gasteiger partial charge in [0.1, 0.15) is 0 Å². The van der Waals surface area contributed by atoms with Gasteiger partial charge < -0.3 is 4.84 Å². The van der Waals surface area contributed by atoms with Gasteiger partial charge in [0.2, 0.25) is 0 Å². The van der Waals surface area contributed by atoms with E-state index in [0.29, 0.717) is 0 Å². The first-order valence-corrected chi connectivity index (χ1v) is 4.37. The molecular formula is C9H7BrN2O. The predicted molar refractivity (Wildman–Crippen MR) is 54.5 cm³/mol. The van der Waals surface area contributed by atoms with Crippen LogP contribution in [0, 0.1) is 10.8 Å². The lowest BCUT2D eigenvalue weighted by atomic mass is 10.4. The molecule has 0 aliphatic carbocycles. The summed E-state index contributed by atoms with van der Waals surface area (Å²) in [7, 11) is 0. The number of halogens is 1. The second-order valence-electron chi connectivity index (χ2n) is 2.03. The van der Waals surface area contributed by atoms with E-state index in [1.807, 2.05) is 18.2 Å². The van der Waals surface area contributed by atoms with Crippen LogP contribution in [0.25, 0.3) is 0 Å². The van der Waals surface area contributed by atoms with Gasteiger partial charge in [-0.2, -0.15) is 0 Å². The molecule has 0 saturated heterocycles. The van der Waals surface area contributed by atoms with Crippen LogP contribution in [0.1, 0.15) is 5.69 Å². The van der Waals surface area contributed by atoms with Crippen molar-refractivity contribution in [1.82, 2.24) is 4.98 Å². The summed E-state index contributed by atoms with van der Waals surface area (Å²) in [5, 5.41) is 3.67. The van der Waals surface area contributed by atoms with Gasteiger partial charge in [-0.25, -0.2) is 0 Å². The fraction of sp³-hybridized carbons (Fsp3) is 0.111. The molecule has 1 rings (SSSR count). The van der Waals surface area contributed by atoms with Crippen LogP contribution < -0.4 is 0 Å². The molecule has 1 aromatic heterocycles. The van der Waals surface area contributed by atoms with Crippen LogP contribution in [0.5, 0.6) is 0 Å². The minimum atomic E-state index is 0.272. The predicted octanol–water partition coefficient (Wildman–Crippen LogP) is 1.79. The van der Waals surface area contributed by atoms with Crippen molar-refractivity contribution in [2.75, 3.05) is 6.61 Å². The van der Waals surface area contributed by atoms with Gasteiger partial charge >= 0.3 is 0 Å². The van der Waals surface area contributed by atoms with E-state index in [1.54, 1.807) is 6.20 Å². The van der Waals surface area contributed by atoms with Gasteiger partial charge in [-0.05, 0) is 22.9 Å². The van der Waals surface area contributed by atoms with Crippen LogP contribution in [-0.2, 0) is 4.84 Å². The topological polar surface area (TPSA) is 34.5 Å². The lowest BCUT2D eigenvalue weighted by molar-refractivity contribution is 0.181. The molecule has 0 aliphatic heterocycles. The number of nitrogens with zero attached hydrogens (tertiary/aromatic N) is 2. The van der Waals surface area contributed by atoms with E-state index >= 15 is 0 Å². The summed E-state index contributed by atoms with van der Waals surface area (Å²) in [6, 6.07) is 5.56. The van der Waals surface area contributed by atoms with Crippen LogP contribution in [0.15, 0.2) is 29.6 Å². The molecule has 0 bridgehead atoms. The Morgan fingerprint density at radius 1 is 1.62 bits per heavy atom. The van der Waals surface area contributed by atoms with E-state index in [2.05, 4.69) is 36.8 Å². The van der Waals surface area contributed by atoms with E-state index in [4.69, 9.17) is 4.84 Å². The van der Waals surface area contributed by atoms with Crippen molar-refractivity contribution < 1.29 is 4.84 Å². The van der Waals surface area contributed by atoms with E-state index in [1.165, 1.54) is 6.21 Å². The Balaban J connectivity index is 2.35. The lowest BCUT2D eigenvalue weighted by Gasteiger charge is -1.90. The highest BCUT2D eigenvalue weighted by Gasteiger charge is 1.84. The van der Waals surface area contributed by atoms with Gasteiger partial charge in [0, 0.05) is 22.1 Å². The van der Waals surface area contributed by atoms with Crippen LogP contribution in [-0.4, -0.2) is 17.8 Å². The first-order valence-electron chi connectivity index (χ1n) is 3.58. The SMILES string of the molecule is BrC#CCO/N=C/c1ccccn1. The fourth-order valence-electron chi connectivity index (χ4n) is 0.640. The number of hydrogen-bond donors (Lipinski definition) is 0. The molecule has 1 heterocycles. The minimum absolute atomic E-state index is 0.272. The Bertz CT molecular complexity index is 326. The molecule has 66 valence electrons. The molecule has 1 aromatic rings. The van der Waals surface area contributed by atoms with Crippen molar-refractivity contribution in [3.63, 3.8) is 0 Å². The maximum atomic E-state index is 4.80. The van der Waals surface area contributed by atoms with Crippen molar-refractivity contribution in [3.8, 4) is 10.8 Å². The van der Waals surface area contributed by atoms with Gasteiger partial charge in [-0.1, -0.05) is 11.2 Å². The Labute approximate surface area is 84.9 Å². The van der Waals surface area contributed by atoms with Gasteiger partial charge in [-0.3, -0.25) is 4.98 Å². The largest absolute Gasteiger partial charge is 0.383 e. The van der Waals surface area contributed by atoms with Gasteiger partial charge in [0.25, 0.3) is 0 Å². The molecule has 0 fully saturated rings. The molecule has 4 heteroatoms. The molecule has 3 nitrogen and oxygen atoms in total. The van der Waals surface area contributed by atoms with Crippen molar-refractivity contribution in [3.05, 3.63) is 30.1 Å². The monoisotopic (exact) mass is 238 g/mol. The van der Waals surface area contributed by atoms with Crippen LogP contribution in [0.2, 0.25) is 0 Å². The zero-order valence-corrected chi connectivity index (χ0v) is 8.36. The third kappa shape index (κ3) is 4.28. The van der Waals surface area contributed by atoms with Crippen LogP contribution in [0.4, 0.5) is 0 Å². The summed E-state index contributed by atoms with van der Waals surface area (Å²) in [5.41, 5.74) is 0.759. The molecule has 13 heavy (non-hydrogen) atoms. The van der Waals surface area contributed by atoms with Crippen molar-refractivity contribution in [1.29, 1.82) is 0 Å². The van der Waals surface area contributed by atoms with Gasteiger partial charge in [-0.15, -0.1) is 0 Å². The highest BCUT2D eigenvalue weighted by Crippen LogP contribution is 1.88. The van der Waals surface area contributed by atoms with Crippen molar-refractivity contribution >= 4 is 22.1 Å². The van der Waals surface area contributed by atoms with E-state index < -0.39 is 0 Å². The average Bonchev–Trinajstić information content (AvgIpc) is 2.19. The second kappa shape index (κ2) is 6.21. The molecule has 0 aromatic carbocycles. The molecule has 0 unspecified atom stereocenters. The molecule has 0 atom stereocenters. The fourth-order valence-corrected chi connectivity index (χ4v) is 0.755. The normalized spacial score (nSPS) is 9.31. The summed E-state index contributed by atoms with van der Waals surface area (Å²) in [6.07, 6.45) is 3.23. The molecule has 0 spiro atoms. The maximum Gasteiger partial charge on any atom is 0.178 e. The summed E-state index contributed by atoms with van der Waals surface area (Å²) < 4.78 is 0. The molecule has 0 N–H and O–H groups in total. The average molecular weight is 239 g/mol. The quantitative estimate of drug-likeness (QED) is 0.349. The number of oxime groups is 1. The van der Waals surface area contributed by atoms with Crippen LogP contribution >= 0.6 is 15.9 Å². The van der Waals surface area contributed by atoms with E-state index in [-0.39, 0.29) is 6.61 Å². The zero-order valence-electron chi connectivity index (χ0n) is 6.77. The number of rotatable bonds is 3. The van der Waals surface area contributed by atoms with E-state index in [9.17, 15) is 0 Å². The number of hydrogen-bond acceptors (Lipinski definition) is 3. The Morgan fingerprint density at radius 3 is 3.23 bits per heavy atom. The smallest absolute Gasteiger partial charge is 0.178 e. The highest BCUT2D eigenvalue weighted by molar-refractivity contribution is 9.12. The third-order valence-corrected chi connectivity index (χ3v) is 1.43.